The molecule has 1 aliphatic rings. The van der Waals surface area contributed by atoms with Crippen LogP contribution in [0.4, 0.5) is 0 Å². The number of rotatable bonds is 1. The number of hydrogen-bond donors (Lipinski definition) is 1. The van der Waals surface area contributed by atoms with E-state index < -0.39 is 13.2 Å². The molecule has 3 nitrogen and oxygen atoms in total. The van der Waals surface area contributed by atoms with Gasteiger partial charge in [-0.2, -0.15) is 5.26 Å². The Bertz CT molecular complexity index is 424. The summed E-state index contributed by atoms with van der Waals surface area (Å²) >= 11 is 0. The monoisotopic (exact) mass is 185 g/mol. The largest absolute Gasteiger partial charge is 0.492 e. The summed E-state index contributed by atoms with van der Waals surface area (Å²) in [6.07, 6.45) is -0.494. The maximum atomic E-state index is 9.52. The lowest BCUT2D eigenvalue weighted by molar-refractivity contribution is 0.227. The highest BCUT2D eigenvalue weighted by Crippen LogP contribution is 2.28. The van der Waals surface area contributed by atoms with Gasteiger partial charge in [-0.1, -0.05) is 30.8 Å². The number of nitriles is 1. The second-order valence-corrected chi connectivity index (χ2v) is 3.13. The summed E-state index contributed by atoms with van der Waals surface area (Å²) in [6.45, 7) is 3.59. The molecule has 1 aromatic carbocycles. The molecule has 0 bridgehead atoms. The molecule has 0 amide bonds. The van der Waals surface area contributed by atoms with Gasteiger partial charge >= 0.3 is 7.12 Å². The Morgan fingerprint density at radius 2 is 2.29 bits per heavy atom. The van der Waals surface area contributed by atoms with Crippen LogP contribution in [0.1, 0.15) is 11.7 Å². The van der Waals surface area contributed by atoms with Crippen LogP contribution in [0.5, 0.6) is 0 Å². The first-order chi connectivity index (χ1) is 6.74. The summed E-state index contributed by atoms with van der Waals surface area (Å²) in [4.78, 5) is 0. The Morgan fingerprint density at radius 3 is 3.00 bits per heavy atom. The van der Waals surface area contributed by atoms with Gasteiger partial charge in [-0.15, -0.1) is 0 Å². The van der Waals surface area contributed by atoms with Crippen LogP contribution in [0.15, 0.2) is 36.4 Å². The molecule has 2 rings (SSSR count). The summed E-state index contributed by atoms with van der Waals surface area (Å²) in [7, 11) is -0.943. The summed E-state index contributed by atoms with van der Waals surface area (Å²) in [5.41, 5.74) is 1.86. The van der Waals surface area contributed by atoms with E-state index in [-0.39, 0.29) is 0 Å². The fraction of sp³-hybridized carbons (Fsp3) is 0.100. The van der Waals surface area contributed by atoms with E-state index in [9.17, 15) is 5.02 Å². The zero-order valence-electron chi connectivity index (χ0n) is 7.47. The van der Waals surface area contributed by atoms with E-state index in [0.29, 0.717) is 11.0 Å². The van der Waals surface area contributed by atoms with Crippen molar-refractivity contribution in [3.63, 3.8) is 0 Å². The molecule has 1 N–H and O–H groups in total. The molecule has 4 heteroatoms. The Morgan fingerprint density at radius 1 is 1.57 bits per heavy atom. The van der Waals surface area contributed by atoms with Crippen LogP contribution in [0.3, 0.4) is 0 Å². The molecule has 0 fully saturated rings. The van der Waals surface area contributed by atoms with E-state index in [1.807, 2.05) is 24.3 Å². The lowest BCUT2D eigenvalue weighted by atomic mass is 9.79. The van der Waals surface area contributed by atoms with Gasteiger partial charge in [0, 0.05) is 0 Å². The molecule has 0 saturated carbocycles. The molecule has 0 radical (unpaired) electrons. The van der Waals surface area contributed by atoms with Gasteiger partial charge < -0.3 is 9.68 Å². The molecule has 0 spiro atoms. The summed E-state index contributed by atoms with van der Waals surface area (Å²) in [6, 6.07) is 9.22. The first-order valence-electron chi connectivity index (χ1n) is 4.25. The third-order valence-corrected chi connectivity index (χ3v) is 2.27. The van der Waals surface area contributed by atoms with Crippen LogP contribution in [0, 0.1) is 11.3 Å². The number of hydrogen-bond acceptors (Lipinski definition) is 3. The molecule has 0 saturated heterocycles. The Hall–Kier alpha value is -1.57. The van der Waals surface area contributed by atoms with Gasteiger partial charge in [-0.05, 0) is 11.0 Å². The minimum atomic E-state index is -0.943. The SMILES string of the molecule is C=C(C#N)C1OB(O)c2ccccc21. The van der Waals surface area contributed by atoms with Crippen LogP contribution in [-0.4, -0.2) is 12.1 Å². The van der Waals surface area contributed by atoms with Crippen LogP contribution >= 0.6 is 0 Å². The van der Waals surface area contributed by atoms with Crippen molar-refractivity contribution in [2.75, 3.05) is 0 Å². The predicted octanol–water partition coefficient (Wildman–Crippen LogP) is 0.525. The summed E-state index contributed by atoms with van der Waals surface area (Å²) < 4.78 is 5.22. The Balaban J connectivity index is 2.45. The molecule has 1 unspecified atom stereocenters. The first-order valence-corrected chi connectivity index (χ1v) is 4.25. The van der Waals surface area contributed by atoms with Crippen molar-refractivity contribution in [2.24, 2.45) is 0 Å². The van der Waals surface area contributed by atoms with Crippen LogP contribution in [-0.2, 0) is 4.65 Å². The van der Waals surface area contributed by atoms with Crippen LogP contribution in [0.2, 0.25) is 0 Å². The Kier molecular flexibility index (Phi) is 2.12. The highest BCUT2D eigenvalue weighted by Gasteiger charge is 2.35. The fourth-order valence-corrected chi connectivity index (χ4v) is 1.58. The topological polar surface area (TPSA) is 53.2 Å². The third-order valence-electron chi connectivity index (χ3n) is 2.27. The van der Waals surface area contributed by atoms with Gasteiger partial charge in [0.15, 0.2) is 0 Å². The van der Waals surface area contributed by atoms with Crippen molar-refractivity contribution in [1.29, 1.82) is 5.26 Å². The van der Waals surface area contributed by atoms with E-state index in [2.05, 4.69) is 6.58 Å². The second kappa shape index (κ2) is 3.30. The number of fused-ring (bicyclic) bond motifs is 1. The van der Waals surface area contributed by atoms with Crippen LogP contribution in [0.25, 0.3) is 0 Å². The van der Waals surface area contributed by atoms with Gasteiger partial charge in [0.05, 0.1) is 11.6 Å². The van der Waals surface area contributed by atoms with Crippen molar-refractivity contribution < 1.29 is 9.68 Å². The van der Waals surface area contributed by atoms with E-state index in [1.54, 1.807) is 6.07 Å². The van der Waals surface area contributed by atoms with Gasteiger partial charge in [-0.3, -0.25) is 0 Å². The molecule has 68 valence electrons. The summed E-state index contributed by atoms with van der Waals surface area (Å²) in [5.74, 6) is 0. The van der Waals surface area contributed by atoms with Crippen molar-refractivity contribution in [3.8, 4) is 6.07 Å². The second-order valence-electron chi connectivity index (χ2n) is 3.13. The zero-order valence-corrected chi connectivity index (χ0v) is 7.47. The van der Waals surface area contributed by atoms with Crippen molar-refractivity contribution in [1.82, 2.24) is 0 Å². The summed E-state index contributed by atoms with van der Waals surface area (Å²) in [5, 5.41) is 18.2. The average Bonchev–Trinajstić information content (AvgIpc) is 2.56. The molecule has 0 aliphatic carbocycles. The lowest BCUT2D eigenvalue weighted by Crippen LogP contribution is -2.27. The number of nitrogens with zero attached hydrogens (tertiary/aromatic N) is 1. The minimum Gasteiger partial charge on any atom is -0.423 e. The average molecular weight is 185 g/mol. The highest BCUT2D eigenvalue weighted by molar-refractivity contribution is 6.61. The van der Waals surface area contributed by atoms with E-state index in [1.165, 1.54) is 0 Å². The van der Waals surface area contributed by atoms with Gasteiger partial charge in [0.1, 0.15) is 6.10 Å². The molecule has 1 atom stereocenters. The standard InChI is InChI=1S/C10H8BNO2/c1-7(6-12)10-8-4-2-3-5-9(8)11(13)14-10/h2-5,10,13H,1H2. The fourth-order valence-electron chi connectivity index (χ4n) is 1.58. The lowest BCUT2D eigenvalue weighted by Gasteiger charge is -2.08. The maximum Gasteiger partial charge on any atom is 0.492 e. The zero-order chi connectivity index (χ0) is 10.1. The minimum absolute atomic E-state index is 0.314. The molecule has 1 aliphatic heterocycles. The quantitative estimate of drug-likeness (QED) is 0.512. The van der Waals surface area contributed by atoms with Gasteiger partial charge in [0.25, 0.3) is 0 Å². The van der Waals surface area contributed by atoms with Crippen molar-refractivity contribution in [2.45, 2.75) is 6.10 Å². The van der Waals surface area contributed by atoms with E-state index >= 15 is 0 Å². The van der Waals surface area contributed by atoms with E-state index in [0.717, 1.165) is 5.56 Å². The molecule has 1 heterocycles. The van der Waals surface area contributed by atoms with Crippen molar-refractivity contribution in [3.05, 3.63) is 42.0 Å². The van der Waals surface area contributed by atoms with Gasteiger partial charge in [0.2, 0.25) is 0 Å². The smallest absolute Gasteiger partial charge is 0.423 e. The number of benzene rings is 1. The predicted molar refractivity (Wildman–Crippen MR) is 52.6 cm³/mol. The molecular weight excluding hydrogens is 177 g/mol. The maximum absolute atomic E-state index is 9.52. The molecule has 0 aromatic heterocycles. The normalized spacial score (nSPS) is 18.9. The van der Waals surface area contributed by atoms with E-state index in [4.69, 9.17) is 9.92 Å². The highest BCUT2D eigenvalue weighted by atomic mass is 16.5. The Labute approximate surface area is 82.4 Å². The first kappa shape index (κ1) is 9.01. The third kappa shape index (κ3) is 1.23. The van der Waals surface area contributed by atoms with Gasteiger partial charge in [-0.25, -0.2) is 0 Å². The van der Waals surface area contributed by atoms with Crippen molar-refractivity contribution >= 4 is 12.6 Å². The van der Waals surface area contributed by atoms with Crippen LogP contribution < -0.4 is 5.46 Å². The molecule has 1 aromatic rings. The molecular formula is C10H8BNO2. The molecule has 14 heavy (non-hydrogen) atoms.